The van der Waals surface area contributed by atoms with Crippen LogP contribution in [-0.2, 0) is 14.3 Å². The first-order valence-electron chi connectivity index (χ1n) is 9.10. The van der Waals surface area contributed by atoms with E-state index in [9.17, 15) is 9.59 Å². The van der Waals surface area contributed by atoms with Gasteiger partial charge in [-0.15, -0.1) is 0 Å². The smallest absolute Gasteiger partial charge is 0.320 e. The summed E-state index contributed by atoms with van der Waals surface area (Å²) in [6.45, 7) is 2.51. The Morgan fingerprint density at radius 3 is 2.65 bits per heavy atom. The van der Waals surface area contributed by atoms with Crippen molar-refractivity contribution in [3.8, 4) is 0 Å². The van der Waals surface area contributed by atoms with Crippen LogP contribution in [-0.4, -0.2) is 38.9 Å². The molecule has 2 rings (SSSR count). The normalized spacial score (nSPS) is 12.2. The molecule has 0 saturated carbocycles. The molecule has 142 valence electrons. The summed E-state index contributed by atoms with van der Waals surface area (Å²) in [5.74, 6) is -1.53. The minimum absolute atomic E-state index is 0.295. The van der Waals surface area contributed by atoms with Crippen molar-refractivity contribution in [1.82, 2.24) is 9.97 Å². The molecule has 6 nitrogen and oxygen atoms in total. The van der Waals surface area contributed by atoms with E-state index in [2.05, 4.69) is 16.9 Å². The second-order valence-electron chi connectivity index (χ2n) is 6.20. The zero-order valence-electron chi connectivity index (χ0n) is 15.1. The van der Waals surface area contributed by atoms with Gasteiger partial charge in [0.1, 0.15) is 5.25 Å². The molecule has 0 spiro atoms. The van der Waals surface area contributed by atoms with Gasteiger partial charge < -0.3 is 14.8 Å². The van der Waals surface area contributed by atoms with Crippen molar-refractivity contribution in [3.63, 3.8) is 0 Å². The molecular weight excluding hydrogens is 352 g/mol. The van der Waals surface area contributed by atoms with Crippen LogP contribution in [0.25, 0.3) is 11.0 Å². The highest BCUT2D eigenvalue weighted by molar-refractivity contribution is 8.00. The SMILES string of the molecule is CCCCCCCCOC(=O)C(CC(=O)O)Sc1nc2ccccc2[nH]1. The van der Waals surface area contributed by atoms with Crippen LogP contribution >= 0.6 is 11.8 Å². The Kier molecular flexibility index (Phi) is 8.47. The van der Waals surface area contributed by atoms with Gasteiger partial charge in [-0.05, 0) is 18.6 Å². The van der Waals surface area contributed by atoms with E-state index in [1.54, 1.807) is 0 Å². The summed E-state index contributed by atoms with van der Waals surface area (Å²) in [5.41, 5.74) is 1.63. The number of thioether (sulfide) groups is 1. The molecule has 0 bridgehead atoms. The monoisotopic (exact) mass is 378 g/mol. The van der Waals surface area contributed by atoms with E-state index in [1.807, 2.05) is 24.3 Å². The Morgan fingerprint density at radius 1 is 1.19 bits per heavy atom. The topological polar surface area (TPSA) is 92.3 Å². The summed E-state index contributed by atoms with van der Waals surface area (Å²) in [7, 11) is 0. The van der Waals surface area contributed by atoms with Crippen LogP contribution in [0.2, 0.25) is 0 Å². The molecule has 1 aromatic heterocycles. The quantitative estimate of drug-likeness (QED) is 0.323. The van der Waals surface area contributed by atoms with Gasteiger partial charge in [0.15, 0.2) is 5.16 Å². The molecule has 0 saturated heterocycles. The van der Waals surface area contributed by atoms with Crippen molar-refractivity contribution < 1.29 is 19.4 Å². The minimum Gasteiger partial charge on any atom is -0.481 e. The number of H-pyrrole nitrogens is 1. The summed E-state index contributed by atoms with van der Waals surface area (Å²) in [6, 6.07) is 7.51. The van der Waals surface area contributed by atoms with Crippen molar-refractivity contribution in [2.75, 3.05) is 6.61 Å². The largest absolute Gasteiger partial charge is 0.481 e. The van der Waals surface area contributed by atoms with E-state index in [4.69, 9.17) is 9.84 Å². The maximum Gasteiger partial charge on any atom is 0.320 e. The third kappa shape index (κ3) is 6.71. The molecule has 0 aliphatic rings. The molecule has 0 amide bonds. The Morgan fingerprint density at radius 2 is 1.92 bits per heavy atom. The molecule has 7 heteroatoms. The predicted molar refractivity (Wildman–Crippen MR) is 102 cm³/mol. The van der Waals surface area contributed by atoms with E-state index in [-0.39, 0.29) is 6.42 Å². The third-order valence-corrected chi connectivity index (χ3v) is 5.05. The van der Waals surface area contributed by atoms with Crippen LogP contribution in [0.15, 0.2) is 29.4 Å². The van der Waals surface area contributed by atoms with E-state index in [0.29, 0.717) is 11.8 Å². The lowest BCUT2D eigenvalue weighted by atomic mass is 10.1. The van der Waals surface area contributed by atoms with E-state index < -0.39 is 17.2 Å². The van der Waals surface area contributed by atoms with Gasteiger partial charge >= 0.3 is 11.9 Å². The van der Waals surface area contributed by atoms with Crippen molar-refractivity contribution in [1.29, 1.82) is 0 Å². The van der Waals surface area contributed by atoms with E-state index >= 15 is 0 Å². The number of nitrogens with one attached hydrogen (secondary N) is 1. The fraction of sp³-hybridized carbons (Fsp3) is 0.526. The van der Waals surface area contributed by atoms with Gasteiger partial charge in [-0.3, -0.25) is 9.59 Å². The third-order valence-electron chi connectivity index (χ3n) is 3.99. The van der Waals surface area contributed by atoms with Crippen molar-refractivity contribution in [2.24, 2.45) is 0 Å². The summed E-state index contributed by atoms with van der Waals surface area (Å²) < 4.78 is 5.29. The second kappa shape index (κ2) is 10.9. The lowest BCUT2D eigenvalue weighted by Gasteiger charge is -2.12. The van der Waals surface area contributed by atoms with Crippen LogP contribution in [0.1, 0.15) is 51.9 Å². The molecule has 26 heavy (non-hydrogen) atoms. The van der Waals surface area contributed by atoms with Gasteiger partial charge in [-0.1, -0.05) is 62.9 Å². The number of hydrogen-bond acceptors (Lipinski definition) is 5. The lowest BCUT2D eigenvalue weighted by molar-refractivity contribution is -0.147. The van der Waals surface area contributed by atoms with Crippen LogP contribution in [0.5, 0.6) is 0 Å². The molecule has 0 aliphatic carbocycles. The second-order valence-corrected chi connectivity index (χ2v) is 7.39. The van der Waals surface area contributed by atoms with Gasteiger partial charge in [0.05, 0.1) is 24.1 Å². The zero-order valence-corrected chi connectivity index (χ0v) is 15.9. The number of fused-ring (bicyclic) bond motifs is 1. The standard InChI is InChI=1S/C19H26N2O4S/c1-2-3-4-5-6-9-12-25-18(24)16(13-17(22)23)26-19-20-14-10-7-8-11-15(14)21-19/h7-8,10-11,16H,2-6,9,12-13H2,1H3,(H,20,21)(H,22,23). The number of unbranched alkanes of at least 4 members (excludes halogenated alkanes) is 5. The zero-order chi connectivity index (χ0) is 18.8. The highest BCUT2D eigenvalue weighted by Gasteiger charge is 2.26. The maximum atomic E-state index is 12.3. The van der Waals surface area contributed by atoms with Crippen molar-refractivity contribution in [2.45, 2.75) is 62.3 Å². The first-order valence-corrected chi connectivity index (χ1v) is 9.98. The number of carbonyl (C=O) groups is 2. The summed E-state index contributed by atoms with van der Waals surface area (Å²) in [6.07, 6.45) is 6.31. The maximum absolute atomic E-state index is 12.3. The number of nitrogens with zero attached hydrogens (tertiary/aromatic N) is 1. The first kappa shape index (κ1) is 20.3. The van der Waals surface area contributed by atoms with Gasteiger partial charge in [-0.25, -0.2) is 4.98 Å². The van der Waals surface area contributed by atoms with Crippen LogP contribution in [0.4, 0.5) is 0 Å². The Hall–Kier alpha value is -2.02. The van der Waals surface area contributed by atoms with Gasteiger partial charge in [0, 0.05) is 0 Å². The number of aliphatic carboxylic acids is 1. The number of carboxylic acids is 1. The molecule has 1 atom stereocenters. The fourth-order valence-electron chi connectivity index (χ4n) is 2.60. The molecule has 2 N–H and O–H groups in total. The van der Waals surface area contributed by atoms with Crippen molar-refractivity contribution >= 4 is 34.7 Å². The molecular formula is C19H26N2O4S. The molecule has 1 heterocycles. The van der Waals surface area contributed by atoms with Crippen LogP contribution in [0.3, 0.4) is 0 Å². The first-order chi connectivity index (χ1) is 12.6. The number of hydrogen-bond donors (Lipinski definition) is 2. The number of aromatic nitrogens is 2. The number of imidazole rings is 1. The Bertz CT molecular complexity index is 683. The lowest BCUT2D eigenvalue weighted by Crippen LogP contribution is -2.24. The number of esters is 1. The number of carbonyl (C=O) groups excluding carboxylic acids is 1. The summed E-state index contributed by atoms with van der Waals surface area (Å²) in [4.78, 5) is 30.9. The van der Waals surface area contributed by atoms with Crippen LogP contribution in [0, 0.1) is 0 Å². The fourth-order valence-corrected chi connectivity index (χ4v) is 3.58. The van der Waals surface area contributed by atoms with E-state index in [0.717, 1.165) is 42.1 Å². The summed E-state index contributed by atoms with van der Waals surface area (Å²) >= 11 is 1.10. The average Bonchev–Trinajstić information content (AvgIpc) is 3.02. The molecule has 0 aliphatic heterocycles. The average molecular weight is 378 g/mol. The van der Waals surface area contributed by atoms with Crippen LogP contribution < -0.4 is 0 Å². The highest BCUT2D eigenvalue weighted by Crippen LogP contribution is 2.26. The number of ether oxygens (including phenoxy) is 1. The molecule has 0 radical (unpaired) electrons. The van der Waals surface area contributed by atoms with Gasteiger partial charge in [0.25, 0.3) is 0 Å². The summed E-state index contributed by atoms with van der Waals surface area (Å²) in [5, 5.41) is 8.80. The highest BCUT2D eigenvalue weighted by atomic mass is 32.2. The predicted octanol–water partition coefficient (Wildman–Crippen LogP) is 4.40. The molecule has 1 unspecified atom stereocenters. The van der Waals surface area contributed by atoms with Crippen molar-refractivity contribution in [3.05, 3.63) is 24.3 Å². The van der Waals surface area contributed by atoms with Gasteiger partial charge in [-0.2, -0.15) is 0 Å². The number of carboxylic acid groups (broad SMARTS) is 1. The Labute approximate surface area is 157 Å². The van der Waals surface area contributed by atoms with Gasteiger partial charge in [0.2, 0.25) is 0 Å². The Balaban J connectivity index is 1.85. The number of rotatable bonds is 12. The minimum atomic E-state index is -1.03. The molecule has 0 fully saturated rings. The molecule has 2 aromatic rings. The molecule has 1 aromatic carbocycles. The number of benzene rings is 1. The van der Waals surface area contributed by atoms with E-state index in [1.165, 1.54) is 19.3 Å². The number of para-hydroxylation sites is 2. The number of aromatic amines is 1.